The van der Waals surface area contributed by atoms with Gasteiger partial charge >= 0.3 is 6.18 Å². The number of rotatable bonds is 6. The van der Waals surface area contributed by atoms with E-state index in [0.717, 1.165) is 28.3 Å². The molecule has 2 aliphatic heterocycles. The van der Waals surface area contributed by atoms with Crippen molar-refractivity contribution in [3.8, 4) is 28.5 Å². The number of aryl methyl sites for hydroxylation is 1. The molecular formula is C36H30ClF3N10O5. The third kappa shape index (κ3) is 6.35. The number of hydrogen-bond acceptors (Lipinski definition) is 10. The molecule has 6 heterocycles. The maximum atomic E-state index is 14.5. The molecule has 0 bridgehead atoms. The minimum Gasteiger partial charge on any atom is -0.505 e. The highest BCUT2D eigenvalue weighted by atomic mass is 35.5. The number of hydrogen-bond donors (Lipinski definition) is 2. The Morgan fingerprint density at radius 3 is 2.38 bits per heavy atom. The summed E-state index contributed by atoms with van der Waals surface area (Å²) in [4.78, 5) is 56.0. The van der Waals surface area contributed by atoms with Crippen molar-refractivity contribution in [2.45, 2.75) is 44.2 Å². The molecule has 1 saturated heterocycles. The summed E-state index contributed by atoms with van der Waals surface area (Å²) in [5.41, 5.74) is -0.917. The Morgan fingerprint density at radius 1 is 1.04 bits per heavy atom. The van der Waals surface area contributed by atoms with Crippen LogP contribution in [0.25, 0.3) is 28.6 Å². The lowest BCUT2D eigenvalue weighted by Crippen LogP contribution is -2.47. The average molecular weight is 775 g/mol. The largest absolute Gasteiger partial charge is 0.505 e. The van der Waals surface area contributed by atoms with Gasteiger partial charge in [0.25, 0.3) is 11.5 Å². The topological polar surface area (TPSA) is 175 Å². The number of carbonyl (C=O) groups is 2. The molecule has 1 fully saturated rings. The average Bonchev–Trinajstić information content (AvgIpc) is 3.87. The van der Waals surface area contributed by atoms with Crippen molar-refractivity contribution in [2.75, 3.05) is 18.4 Å². The molecule has 2 aromatic carbocycles. The minimum atomic E-state index is -4.63. The summed E-state index contributed by atoms with van der Waals surface area (Å²) >= 11 is 6.15. The van der Waals surface area contributed by atoms with Gasteiger partial charge in [-0.05, 0) is 50.1 Å². The first-order valence-electron chi connectivity index (χ1n) is 17.0. The molecule has 6 aromatic rings. The zero-order chi connectivity index (χ0) is 38.8. The molecule has 0 saturated carbocycles. The van der Waals surface area contributed by atoms with Crippen LogP contribution in [-0.2, 0) is 34.9 Å². The normalized spacial score (nSPS) is 16.5. The number of alkyl halides is 3. The first-order valence-corrected chi connectivity index (χ1v) is 17.4. The summed E-state index contributed by atoms with van der Waals surface area (Å²) in [5, 5.41) is 21.4. The lowest BCUT2D eigenvalue weighted by molar-refractivity contribution is -0.137. The molecule has 2 N–H and O–H groups in total. The molecular weight excluding hydrogens is 745 g/mol. The molecule has 2 aliphatic rings. The Kier molecular flexibility index (Phi) is 8.68. The Labute approximate surface area is 314 Å². The maximum absolute atomic E-state index is 14.5. The van der Waals surface area contributed by atoms with Gasteiger partial charge in [-0.2, -0.15) is 27.8 Å². The van der Waals surface area contributed by atoms with Crippen molar-refractivity contribution in [3.63, 3.8) is 0 Å². The van der Waals surface area contributed by atoms with E-state index >= 15 is 0 Å². The van der Waals surface area contributed by atoms with Crippen molar-refractivity contribution in [2.24, 2.45) is 7.05 Å². The summed E-state index contributed by atoms with van der Waals surface area (Å²) in [6, 6.07) is 12.6. The van der Waals surface area contributed by atoms with Crippen LogP contribution < -0.4 is 10.9 Å². The minimum absolute atomic E-state index is 0.0219. The first kappa shape index (κ1) is 35.9. The Balaban J connectivity index is 1.18. The molecule has 15 nitrogen and oxygen atoms in total. The number of pyridine rings is 1. The van der Waals surface area contributed by atoms with Crippen molar-refractivity contribution in [1.29, 1.82) is 0 Å². The lowest BCUT2D eigenvalue weighted by Gasteiger charge is -2.39. The van der Waals surface area contributed by atoms with E-state index < -0.39 is 47.4 Å². The van der Waals surface area contributed by atoms with Crippen molar-refractivity contribution >= 4 is 34.9 Å². The molecule has 0 radical (unpaired) electrons. The van der Waals surface area contributed by atoms with Crippen LogP contribution in [0.2, 0.25) is 5.02 Å². The van der Waals surface area contributed by atoms with Gasteiger partial charge in [0.2, 0.25) is 11.7 Å². The fraction of sp³-hybridized carbons (Fsp3) is 0.278. The van der Waals surface area contributed by atoms with Crippen LogP contribution >= 0.6 is 11.6 Å². The van der Waals surface area contributed by atoms with Crippen molar-refractivity contribution < 1.29 is 32.6 Å². The second-order valence-electron chi connectivity index (χ2n) is 13.3. The highest BCUT2D eigenvalue weighted by Crippen LogP contribution is 2.48. The van der Waals surface area contributed by atoms with Crippen LogP contribution in [-0.4, -0.2) is 73.8 Å². The highest BCUT2D eigenvalue weighted by Gasteiger charge is 2.50. The number of fused-ring (bicyclic) bond motifs is 3. The molecule has 2 amide bonds. The Hall–Kier alpha value is -6.14. The number of benzene rings is 2. The van der Waals surface area contributed by atoms with Gasteiger partial charge in [0.15, 0.2) is 17.3 Å². The van der Waals surface area contributed by atoms with Gasteiger partial charge in [-0.3, -0.25) is 19.1 Å². The van der Waals surface area contributed by atoms with Crippen LogP contribution in [0, 0.1) is 0 Å². The molecule has 282 valence electrons. The third-order valence-electron chi connectivity index (χ3n) is 9.75. The monoisotopic (exact) mass is 774 g/mol. The molecule has 4 aromatic heterocycles. The number of aromatic hydroxyl groups is 1. The van der Waals surface area contributed by atoms with Gasteiger partial charge in [0.1, 0.15) is 24.2 Å². The Bertz CT molecular complexity index is 2560. The maximum Gasteiger partial charge on any atom is 0.416 e. The number of anilines is 1. The molecule has 19 heteroatoms. The van der Waals surface area contributed by atoms with Gasteiger partial charge < -0.3 is 24.6 Å². The zero-order valence-corrected chi connectivity index (χ0v) is 29.8. The van der Waals surface area contributed by atoms with E-state index in [0.29, 0.717) is 17.1 Å². The van der Waals surface area contributed by atoms with E-state index in [1.165, 1.54) is 27.8 Å². The summed E-state index contributed by atoms with van der Waals surface area (Å²) in [7, 11) is 1.75. The summed E-state index contributed by atoms with van der Waals surface area (Å²) in [5.74, 6) is -0.689. The van der Waals surface area contributed by atoms with Crippen LogP contribution in [0.15, 0.2) is 71.9 Å². The number of nitrogens with one attached hydrogen (secondary N) is 1. The van der Waals surface area contributed by atoms with Gasteiger partial charge in [-0.1, -0.05) is 35.9 Å². The molecule has 0 unspecified atom stereocenters. The number of aromatic nitrogens is 8. The van der Waals surface area contributed by atoms with E-state index in [1.54, 1.807) is 49.2 Å². The molecule has 55 heavy (non-hydrogen) atoms. The van der Waals surface area contributed by atoms with E-state index in [-0.39, 0.29) is 65.3 Å². The Morgan fingerprint density at radius 2 is 1.75 bits per heavy atom. The lowest BCUT2D eigenvalue weighted by atomic mass is 9.85. The SMILES string of the molecule is C[C@H]1OC2(CCN(C(=O)c3ncccc3O)CC2)c2c1n(CC(=O)Nc1ccc(C(F)(F)F)cc1Cl)c1nc(-c3ccc(-c4ncn(C)n4)cc3)nn1c2=O. The van der Waals surface area contributed by atoms with Crippen LogP contribution in [0.3, 0.4) is 0 Å². The van der Waals surface area contributed by atoms with Gasteiger partial charge in [0.05, 0.1) is 33.6 Å². The highest BCUT2D eigenvalue weighted by molar-refractivity contribution is 6.33. The summed E-state index contributed by atoms with van der Waals surface area (Å²) in [6.07, 6.45) is -1.99. The second kappa shape index (κ2) is 13.3. The van der Waals surface area contributed by atoms with Gasteiger partial charge in [-0.25, -0.2) is 9.97 Å². The number of carbonyl (C=O) groups excluding carboxylic acids is 2. The zero-order valence-electron chi connectivity index (χ0n) is 29.1. The third-order valence-corrected chi connectivity index (χ3v) is 10.1. The number of ether oxygens (including phenoxy) is 1. The number of nitrogens with zero attached hydrogens (tertiary/aromatic N) is 9. The van der Waals surface area contributed by atoms with Crippen LogP contribution in [0.4, 0.5) is 18.9 Å². The fourth-order valence-corrected chi connectivity index (χ4v) is 7.40. The predicted octanol–water partition coefficient (Wildman–Crippen LogP) is 4.99. The van der Waals surface area contributed by atoms with E-state index in [9.17, 15) is 32.7 Å². The second-order valence-corrected chi connectivity index (χ2v) is 13.7. The molecule has 1 spiro atoms. The van der Waals surface area contributed by atoms with Crippen LogP contribution in [0.5, 0.6) is 5.75 Å². The number of halogens is 4. The first-order chi connectivity index (χ1) is 26.2. The molecule has 1 atom stereocenters. The number of amides is 2. The fourth-order valence-electron chi connectivity index (χ4n) is 7.17. The molecule has 0 aliphatic carbocycles. The number of piperidine rings is 1. The van der Waals surface area contributed by atoms with Gasteiger partial charge in [-0.15, -0.1) is 5.10 Å². The van der Waals surface area contributed by atoms with E-state index in [4.69, 9.17) is 21.3 Å². The quantitative estimate of drug-likeness (QED) is 0.235. The summed E-state index contributed by atoms with van der Waals surface area (Å²) < 4.78 is 50.6. The van der Waals surface area contributed by atoms with Crippen LogP contribution in [0.1, 0.15) is 53.2 Å². The standard InChI is InChI=1S/C36H30ClF3N10O5/c1-19-29-27(35(55-19)11-14-48(15-12-35)33(54)28-25(51)4-3-13-41-28)32(53)50-34(44-31(46-50)21-7-5-20(6-8-21)30-42-18-47(2)45-30)49(29)17-26(52)43-24-10-9-22(16-23(24)37)36(38,39)40/h3-10,13,16,18-19,51H,11-12,14-15,17H2,1-2H3,(H,43,52)/t19-/m1/s1. The van der Waals surface area contributed by atoms with E-state index in [1.807, 2.05) is 0 Å². The number of likely N-dealkylation sites (tertiary alicyclic amines) is 1. The smallest absolute Gasteiger partial charge is 0.416 e. The van der Waals surface area contributed by atoms with Crippen molar-refractivity contribution in [3.05, 3.63) is 105 Å². The van der Waals surface area contributed by atoms with E-state index in [2.05, 4.69) is 25.5 Å². The molecule has 8 rings (SSSR count). The summed E-state index contributed by atoms with van der Waals surface area (Å²) in [6.45, 7) is 1.60. The predicted molar refractivity (Wildman–Crippen MR) is 190 cm³/mol. The van der Waals surface area contributed by atoms with Crippen molar-refractivity contribution in [1.82, 2.24) is 43.8 Å². The van der Waals surface area contributed by atoms with Gasteiger partial charge in [0, 0.05) is 37.5 Å².